The lowest BCUT2D eigenvalue weighted by molar-refractivity contribution is -0.274. The fraction of sp³-hybridized carbons (Fsp3) is 0.500. The van der Waals surface area contributed by atoms with E-state index in [1.165, 1.54) is 24.3 Å². The number of ether oxygens (including phenoxy) is 1. The first kappa shape index (κ1) is 27.5. The van der Waals surface area contributed by atoms with Crippen LogP contribution in [0.3, 0.4) is 0 Å². The quantitative estimate of drug-likeness (QED) is 0.338. The zero-order valence-corrected chi connectivity index (χ0v) is 22.6. The van der Waals surface area contributed by atoms with Gasteiger partial charge in [-0.3, -0.25) is 9.59 Å². The van der Waals surface area contributed by atoms with Crippen molar-refractivity contribution >= 4 is 33.4 Å². The number of hydrogen-bond donors (Lipinski definition) is 0. The molecule has 3 aliphatic rings. The van der Waals surface area contributed by atoms with E-state index < -0.39 is 6.36 Å². The van der Waals surface area contributed by atoms with Gasteiger partial charge in [0.15, 0.2) is 0 Å². The van der Waals surface area contributed by atoms with E-state index in [0.29, 0.717) is 17.3 Å². The van der Waals surface area contributed by atoms with Crippen molar-refractivity contribution in [3.63, 3.8) is 0 Å². The lowest BCUT2D eigenvalue weighted by Gasteiger charge is -2.48. The second-order valence-electron chi connectivity index (χ2n) is 9.38. The Morgan fingerprint density at radius 3 is 2.32 bits per heavy atom. The molecule has 2 fully saturated rings. The van der Waals surface area contributed by atoms with Gasteiger partial charge in [0.25, 0.3) is 5.91 Å². The first-order valence-electron chi connectivity index (χ1n) is 12.9. The molecule has 0 bridgehead atoms. The molecule has 2 aromatic rings. The topological polar surface area (TPSA) is 49.9 Å². The zero-order valence-electron chi connectivity index (χ0n) is 21.0. The number of carbonyl (C=O) groups excluding carboxylic acids is 2. The fourth-order valence-corrected chi connectivity index (χ4v) is 6.07. The summed E-state index contributed by atoms with van der Waals surface area (Å²) in [5.74, 6) is -0.371. The summed E-state index contributed by atoms with van der Waals surface area (Å²) in [6, 6.07) is 12.9. The lowest BCUT2D eigenvalue weighted by Crippen LogP contribution is -2.52. The Morgan fingerprint density at radius 2 is 1.70 bits per heavy atom. The van der Waals surface area contributed by atoms with Crippen LogP contribution < -0.4 is 9.64 Å². The second-order valence-corrected chi connectivity index (χ2v) is 10.2. The van der Waals surface area contributed by atoms with Crippen molar-refractivity contribution < 1.29 is 27.5 Å². The Balaban J connectivity index is 0.00000156. The van der Waals surface area contributed by atoms with Crippen molar-refractivity contribution in [1.82, 2.24) is 4.90 Å². The summed E-state index contributed by atoms with van der Waals surface area (Å²) < 4.78 is 41.6. The molecule has 200 valence electrons. The van der Waals surface area contributed by atoms with Crippen LogP contribution in [0.1, 0.15) is 74.3 Å². The van der Waals surface area contributed by atoms with Crippen LogP contribution >= 0.6 is 15.9 Å². The molecular weight excluding hydrogens is 549 g/mol. The summed E-state index contributed by atoms with van der Waals surface area (Å²) in [6.07, 6.45) is 0.328. The van der Waals surface area contributed by atoms with E-state index in [1.54, 1.807) is 0 Å². The van der Waals surface area contributed by atoms with Gasteiger partial charge in [-0.25, -0.2) is 0 Å². The van der Waals surface area contributed by atoms with Crippen LogP contribution in [0, 0.1) is 5.92 Å². The average Bonchev–Trinajstić information content (AvgIpc) is 3.60. The number of nitrogens with zero attached hydrogens (tertiary/aromatic N) is 2. The van der Waals surface area contributed by atoms with Crippen molar-refractivity contribution in [2.45, 2.75) is 76.9 Å². The van der Waals surface area contributed by atoms with Gasteiger partial charge in [-0.15, -0.1) is 13.2 Å². The van der Waals surface area contributed by atoms with Gasteiger partial charge in [0.05, 0.1) is 6.04 Å². The highest BCUT2D eigenvalue weighted by Crippen LogP contribution is 2.52. The van der Waals surface area contributed by atoms with Crippen LogP contribution in [-0.4, -0.2) is 40.5 Å². The molecule has 2 saturated carbocycles. The van der Waals surface area contributed by atoms with Gasteiger partial charge >= 0.3 is 6.36 Å². The van der Waals surface area contributed by atoms with Crippen molar-refractivity contribution in [3.8, 4) is 5.75 Å². The van der Waals surface area contributed by atoms with Gasteiger partial charge in [-0.05, 0) is 61.6 Å². The molecule has 1 heterocycles. The van der Waals surface area contributed by atoms with Gasteiger partial charge in [0, 0.05) is 41.0 Å². The van der Waals surface area contributed by atoms with Crippen LogP contribution in [-0.2, 0) is 4.79 Å². The average molecular weight is 581 g/mol. The van der Waals surface area contributed by atoms with Crippen LogP contribution in [0.5, 0.6) is 5.75 Å². The molecule has 3 unspecified atom stereocenters. The standard InChI is InChI=1S/C26H26BrF3N2O3.C2H6/c27-15-14-23(33)31(17-10-11-17)24-19-4-1-2-6-21(19)32(22-7-3-5-20(22)24)25(34)16-8-12-18(13-9-16)35-26(28,29)30;1-2/h1-2,4,6,8-9,12-13,17,20,22,24H,3,5,7,10-11,14-15H2;1-2H3. The number of alkyl halides is 4. The second kappa shape index (κ2) is 11.5. The molecule has 2 aromatic carbocycles. The number of halogens is 4. The molecule has 0 aromatic heterocycles. The third-order valence-corrected chi connectivity index (χ3v) is 7.57. The molecule has 37 heavy (non-hydrogen) atoms. The maximum absolute atomic E-state index is 13.7. The lowest BCUT2D eigenvalue weighted by atomic mass is 9.81. The molecule has 9 heteroatoms. The van der Waals surface area contributed by atoms with Crippen LogP contribution in [0.15, 0.2) is 48.5 Å². The molecule has 5 nitrogen and oxygen atoms in total. The molecule has 2 aliphatic carbocycles. The first-order valence-corrected chi connectivity index (χ1v) is 14.1. The molecule has 0 spiro atoms. The summed E-state index contributed by atoms with van der Waals surface area (Å²) >= 11 is 3.40. The van der Waals surface area contributed by atoms with Gasteiger partial charge in [0.1, 0.15) is 5.75 Å². The highest BCUT2D eigenvalue weighted by atomic mass is 79.9. The van der Waals surface area contributed by atoms with E-state index in [9.17, 15) is 22.8 Å². The van der Waals surface area contributed by atoms with Crippen LogP contribution in [0.2, 0.25) is 0 Å². The predicted octanol–water partition coefficient (Wildman–Crippen LogP) is 7.26. The largest absolute Gasteiger partial charge is 0.573 e. The van der Waals surface area contributed by atoms with Gasteiger partial charge < -0.3 is 14.5 Å². The highest BCUT2D eigenvalue weighted by molar-refractivity contribution is 9.09. The molecule has 2 amide bonds. The summed E-state index contributed by atoms with van der Waals surface area (Å²) in [6.45, 7) is 4.00. The third kappa shape index (κ3) is 5.81. The van der Waals surface area contributed by atoms with Crippen molar-refractivity contribution in [1.29, 1.82) is 0 Å². The molecule has 0 radical (unpaired) electrons. The SMILES string of the molecule is CC.O=C(c1ccc(OC(F)(F)F)cc1)N1c2ccccc2C(N(C(=O)CCBr)C2CC2)C2CCCC21. The smallest absolute Gasteiger partial charge is 0.406 e. The van der Waals surface area contributed by atoms with Gasteiger partial charge in [-0.1, -0.05) is 54.4 Å². The summed E-state index contributed by atoms with van der Waals surface area (Å²) in [4.78, 5) is 30.8. The number of anilines is 1. The van der Waals surface area contributed by atoms with Crippen molar-refractivity contribution in [2.24, 2.45) is 5.92 Å². The third-order valence-electron chi connectivity index (χ3n) is 7.17. The maximum atomic E-state index is 13.7. The number of rotatable bonds is 6. The van der Waals surface area contributed by atoms with Gasteiger partial charge in [0.2, 0.25) is 5.91 Å². The summed E-state index contributed by atoms with van der Waals surface area (Å²) in [5, 5.41) is 0.607. The number of amides is 2. The molecule has 3 atom stereocenters. The number of carbonyl (C=O) groups is 2. The van der Waals surface area contributed by atoms with E-state index in [4.69, 9.17) is 0 Å². The maximum Gasteiger partial charge on any atom is 0.573 e. The van der Waals surface area contributed by atoms with Crippen molar-refractivity contribution in [3.05, 3.63) is 59.7 Å². The molecule has 0 N–H and O–H groups in total. The fourth-order valence-electron chi connectivity index (χ4n) is 5.73. The number of benzene rings is 2. The Bertz CT molecular complexity index is 1100. The Morgan fingerprint density at radius 1 is 1.03 bits per heavy atom. The first-order chi connectivity index (χ1) is 17.8. The van der Waals surface area contributed by atoms with E-state index in [0.717, 1.165) is 43.4 Å². The van der Waals surface area contributed by atoms with E-state index in [1.807, 2.05) is 43.0 Å². The van der Waals surface area contributed by atoms with Crippen LogP contribution in [0.4, 0.5) is 18.9 Å². The van der Waals surface area contributed by atoms with E-state index in [2.05, 4.69) is 25.6 Å². The minimum absolute atomic E-state index is 0.0773. The Labute approximate surface area is 224 Å². The van der Waals surface area contributed by atoms with Crippen molar-refractivity contribution in [2.75, 3.05) is 10.2 Å². The number of para-hydroxylation sites is 1. The van der Waals surface area contributed by atoms with E-state index >= 15 is 0 Å². The van der Waals surface area contributed by atoms with E-state index in [-0.39, 0.29) is 41.6 Å². The number of hydrogen-bond acceptors (Lipinski definition) is 3. The highest BCUT2D eigenvalue weighted by Gasteiger charge is 2.51. The minimum atomic E-state index is -4.79. The summed E-state index contributed by atoms with van der Waals surface area (Å²) in [5.41, 5.74) is 2.04. The minimum Gasteiger partial charge on any atom is -0.406 e. The molecule has 0 saturated heterocycles. The van der Waals surface area contributed by atoms with Crippen LogP contribution in [0.25, 0.3) is 0 Å². The zero-order chi connectivity index (χ0) is 26.7. The molecule has 5 rings (SSSR count). The molecule has 1 aliphatic heterocycles. The summed E-state index contributed by atoms with van der Waals surface area (Å²) in [7, 11) is 0. The Hall–Kier alpha value is -2.55. The monoisotopic (exact) mass is 580 g/mol. The predicted molar refractivity (Wildman–Crippen MR) is 140 cm³/mol. The van der Waals surface area contributed by atoms with Gasteiger partial charge in [-0.2, -0.15) is 0 Å². The Kier molecular flexibility index (Phi) is 8.51. The number of fused-ring (bicyclic) bond motifs is 2. The molecular formula is C28H32BrF3N2O3. The normalized spacial score (nSPS) is 22.3.